The van der Waals surface area contributed by atoms with Crippen molar-refractivity contribution in [3.05, 3.63) is 113 Å². The average molecular weight is 627 g/mol. The van der Waals surface area contributed by atoms with Crippen LogP contribution in [-0.2, 0) is 10.8 Å². The number of allylic oxidation sites excluding steroid dienone is 10. The summed E-state index contributed by atoms with van der Waals surface area (Å²) in [6.45, 7) is 25.2. The topological polar surface area (TPSA) is 69.9 Å². The molecule has 2 unspecified atom stereocenters. The zero-order valence-electron chi connectivity index (χ0n) is 29.7. The van der Waals surface area contributed by atoms with Crippen molar-refractivity contribution in [2.24, 2.45) is 0 Å². The molecule has 2 aromatic rings. The van der Waals surface area contributed by atoms with Gasteiger partial charge in [0, 0.05) is 10.8 Å². The van der Waals surface area contributed by atoms with Gasteiger partial charge in [0.25, 0.3) is 0 Å². The minimum absolute atomic E-state index is 0.0605. The molecule has 0 aromatic heterocycles. The summed E-state index contributed by atoms with van der Waals surface area (Å²) in [4.78, 5) is 0. The lowest BCUT2D eigenvalue weighted by molar-refractivity contribution is 0.359. The maximum Gasteiger partial charge on any atom is 0.201 e. The largest absolute Gasteiger partial charge is 0.504 e. The Balaban J connectivity index is 2.29. The van der Waals surface area contributed by atoms with Crippen LogP contribution in [0.4, 0.5) is 0 Å². The zero-order valence-corrected chi connectivity index (χ0v) is 29.7. The third-order valence-corrected chi connectivity index (χ3v) is 8.95. The molecule has 0 aliphatic heterocycles. The normalized spacial score (nSPS) is 14.5. The molecule has 250 valence electrons. The first-order valence-electron chi connectivity index (χ1n) is 16.6. The number of benzene rings is 2. The SMILES string of the molecule is C=CC(C)(CC/C=C(/C)CCC=C(C)C)c1ccc(O)c(Oc2cc(C(C)(C=C)CC/C=C(/C)CCC=C(C)C)cc(O)c2O)c1. The van der Waals surface area contributed by atoms with Gasteiger partial charge in [-0.05, 0) is 128 Å². The van der Waals surface area contributed by atoms with E-state index in [1.165, 1.54) is 22.3 Å². The highest BCUT2D eigenvalue weighted by atomic mass is 16.5. The predicted octanol–water partition coefficient (Wildman–Crippen LogP) is 12.4. The van der Waals surface area contributed by atoms with Crippen molar-refractivity contribution in [2.45, 2.75) is 118 Å². The van der Waals surface area contributed by atoms with Crippen LogP contribution in [0, 0.1) is 0 Å². The lowest BCUT2D eigenvalue weighted by Crippen LogP contribution is -2.19. The molecule has 0 saturated carbocycles. The van der Waals surface area contributed by atoms with E-state index in [4.69, 9.17) is 4.74 Å². The summed E-state index contributed by atoms with van der Waals surface area (Å²) in [6.07, 6.45) is 20.4. The van der Waals surface area contributed by atoms with Crippen molar-refractivity contribution >= 4 is 0 Å². The van der Waals surface area contributed by atoms with E-state index in [-0.39, 0.29) is 34.2 Å². The molecule has 4 nitrogen and oxygen atoms in total. The quantitative estimate of drug-likeness (QED) is 0.114. The second-order valence-electron chi connectivity index (χ2n) is 13.7. The predicted molar refractivity (Wildman–Crippen MR) is 196 cm³/mol. The lowest BCUT2D eigenvalue weighted by atomic mass is 9.78. The van der Waals surface area contributed by atoms with Crippen LogP contribution < -0.4 is 4.74 Å². The van der Waals surface area contributed by atoms with E-state index in [0.29, 0.717) is 0 Å². The van der Waals surface area contributed by atoms with Crippen molar-refractivity contribution < 1.29 is 20.1 Å². The van der Waals surface area contributed by atoms with Gasteiger partial charge in [-0.3, -0.25) is 0 Å². The highest BCUT2D eigenvalue weighted by Crippen LogP contribution is 2.46. The monoisotopic (exact) mass is 626 g/mol. The van der Waals surface area contributed by atoms with Crippen LogP contribution in [0.5, 0.6) is 28.7 Å². The van der Waals surface area contributed by atoms with Gasteiger partial charge in [-0.25, -0.2) is 0 Å². The van der Waals surface area contributed by atoms with Gasteiger partial charge >= 0.3 is 0 Å². The molecule has 0 spiro atoms. The summed E-state index contributed by atoms with van der Waals surface area (Å²) >= 11 is 0. The highest BCUT2D eigenvalue weighted by molar-refractivity contribution is 5.57. The lowest BCUT2D eigenvalue weighted by Gasteiger charge is -2.28. The summed E-state index contributed by atoms with van der Waals surface area (Å²) in [6, 6.07) is 8.57. The fourth-order valence-electron chi connectivity index (χ4n) is 5.42. The molecule has 0 amide bonds. The van der Waals surface area contributed by atoms with Crippen LogP contribution in [0.1, 0.15) is 118 Å². The van der Waals surface area contributed by atoms with Gasteiger partial charge in [-0.15, -0.1) is 13.2 Å². The number of phenolic OH excluding ortho intramolecular Hbond substituents is 3. The summed E-state index contributed by atoms with van der Waals surface area (Å²) in [5.41, 5.74) is 6.23. The summed E-state index contributed by atoms with van der Waals surface area (Å²) in [5.74, 6) is -0.461. The summed E-state index contributed by atoms with van der Waals surface area (Å²) in [7, 11) is 0. The molecule has 0 radical (unpaired) electrons. The van der Waals surface area contributed by atoms with E-state index in [9.17, 15) is 15.3 Å². The molecule has 2 rings (SSSR count). The van der Waals surface area contributed by atoms with Crippen LogP contribution in [0.15, 0.2) is 102 Å². The minimum atomic E-state index is -0.484. The first-order valence-corrected chi connectivity index (χ1v) is 16.6. The number of aromatic hydroxyl groups is 3. The molecule has 2 atom stereocenters. The molecule has 0 saturated heterocycles. The third kappa shape index (κ3) is 11.5. The summed E-state index contributed by atoms with van der Waals surface area (Å²) in [5, 5.41) is 32.3. The maximum absolute atomic E-state index is 10.8. The number of hydrogen-bond acceptors (Lipinski definition) is 4. The van der Waals surface area contributed by atoms with Gasteiger partial charge in [0.15, 0.2) is 23.0 Å². The Morgan fingerprint density at radius 3 is 1.59 bits per heavy atom. The van der Waals surface area contributed by atoms with E-state index in [1.807, 2.05) is 18.2 Å². The van der Waals surface area contributed by atoms with E-state index >= 15 is 0 Å². The molecule has 0 aliphatic carbocycles. The molecular weight excluding hydrogens is 568 g/mol. The Morgan fingerprint density at radius 1 is 0.630 bits per heavy atom. The smallest absolute Gasteiger partial charge is 0.201 e. The van der Waals surface area contributed by atoms with E-state index < -0.39 is 5.41 Å². The zero-order chi connectivity index (χ0) is 34.5. The molecule has 0 bridgehead atoms. The van der Waals surface area contributed by atoms with Crippen LogP contribution >= 0.6 is 0 Å². The van der Waals surface area contributed by atoms with Gasteiger partial charge in [-0.2, -0.15) is 0 Å². The van der Waals surface area contributed by atoms with Crippen molar-refractivity contribution in [3.8, 4) is 28.7 Å². The molecule has 0 heterocycles. The van der Waals surface area contributed by atoms with Crippen LogP contribution in [0.25, 0.3) is 0 Å². The molecule has 2 aromatic carbocycles. The van der Waals surface area contributed by atoms with Crippen molar-refractivity contribution in [2.75, 3.05) is 0 Å². The van der Waals surface area contributed by atoms with Crippen molar-refractivity contribution in [3.63, 3.8) is 0 Å². The molecule has 46 heavy (non-hydrogen) atoms. The Morgan fingerprint density at radius 2 is 1.11 bits per heavy atom. The van der Waals surface area contributed by atoms with Crippen molar-refractivity contribution in [1.82, 2.24) is 0 Å². The number of ether oxygens (including phenoxy) is 1. The Labute approximate surface area is 279 Å². The van der Waals surface area contributed by atoms with Gasteiger partial charge in [0.05, 0.1) is 0 Å². The van der Waals surface area contributed by atoms with Crippen LogP contribution in [-0.4, -0.2) is 15.3 Å². The Bertz CT molecular complexity index is 1460. The van der Waals surface area contributed by atoms with Crippen molar-refractivity contribution in [1.29, 1.82) is 0 Å². The number of phenols is 3. The number of rotatable bonds is 18. The fourth-order valence-corrected chi connectivity index (χ4v) is 5.42. The number of hydrogen-bond donors (Lipinski definition) is 3. The molecule has 0 aliphatic rings. The molecule has 0 fully saturated rings. The van der Waals surface area contributed by atoms with Gasteiger partial charge < -0.3 is 20.1 Å². The van der Waals surface area contributed by atoms with Gasteiger partial charge in [0.1, 0.15) is 0 Å². The van der Waals surface area contributed by atoms with Gasteiger partial charge in [-0.1, -0.05) is 78.7 Å². The van der Waals surface area contributed by atoms with Crippen LogP contribution in [0.3, 0.4) is 0 Å². The third-order valence-electron chi connectivity index (χ3n) is 8.95. The first-order chi connectivity index (χ1) is 21.6. The van der Waals surface area contributed by atoms with Crippen LogP contribution in [0.2, 0.25) is 0 Å². The van der Waals surface area contributed by atoms with E-state index in [1.54, 1.807) is 24.3 Å². The second-order valence-corrected chi connectivity index (χ2v) is 13.7. The average Bonchev–Trinajstić information content (AvgIpc) is 2.99. The van der Waals surface area contributed by atoms with E-state index in [2.05, 4.69) is 92.9 Å². The second kappa shape index (κ2) is 17.7. The molecular formula is C42H58O4. The summed E-state index contributed by atoms with van der Waals surface area (Å²) < 4.78 is 6.13. The fraction of sp³-hybridized carbons (Fsp3) is 0.429. The Hall–Kier alpha value is -3.92. The highest BCUT2D eigenvalue weighted by Gasteiger charge is 2.27. The minimum Gasteiger partial charge on any atom is -0.504 e. The molecule has 4 heteroatoms. The van der Waals surface area contributed by atoms with E-state index in [0.717, 1.165) is 62.5 Å². The first kappa shape index (κ1) is 38.3. The van der Waals surface area contributed by atoms with Gasteiger partial charge in [0.2, 0.25) is 5.75 Å². The standard InChI is InChI=1S/C42H58O4/c1-11-41(9,25-15-21-32(7)19-13-17-30(3)4)34-23-24-36(43)38(28-34)46-39-29-35(27-37(44)40(39)45)42(10,12-2)26-16-22-33(8)20-14-18-31(5)6/h11-12,17-18,21-24,27-29,43-45H,1-2,13-16,19-20,25-26H2,3-10H3/b32-21-,33-22-. The maximum atomic E-state index is 10.8. The Kier molecular flexibility index (Phi) is 14.7. The molecule has 3 N–H and O–H groups in total.